The fourth-order valence-electron chi connectivity index (χ4n) is 4.31. The molecule has 1 N–H and O–H groups in total. The molecule has 0 radical (unpaired) electrons. The summed E-state index contributed by atoms with van der Waals surface area (Å²) in [6.45, 7) is 4.74. The first-order valence-electron chi connectivity index (χ1n) is 11.8. The van der Waals surface area contributed by atoms with Crippen molar-refractivity contribution in [3.8, 4) is 5.75 Å². The summed E-state index contributed by atoms with van der Waals surface area (Å²) >= 11 is 0. The fraction of sp³-hybridized carbons (Fsp3) is 0.385. The second-order valence-electron chi connectivity index (χ2n) is 8.81. The minimum Gasteiger partial charge on any atom is -0.489 e. The van der Waals surface area contributed by atoms with Crippen LogP contribution in [0, 0.1) is 19.8 Å². The number of aryl methyl sites for hydroxylation is 2. The van der Waals surface area contributed by atoms with E-state index in [-0.39, 0.29) is 29.0 Å². The van der Waals surface area contributed by atoms with Crippen molar-refractivity contribution in [2.45, 2.75) is 44.6 Å². The second kappa shape index (κ2) is 11.0. The van der Waals surface area contributed by atoms with Crippen LogP contribution in [0.25, 0.3) is 0 Å². The molecule has 9 heteroatoms. The third-order valence-electron chi connectivity index (χ3n) is 6.21. The normalized spacial score (nSPS) is 16.7. The SMILES string of the molecule is Cc1noc(C)c1S(=O)(=O)N1CCCC(C(=O)NCCc2ccc(OCc3ccccc3)cc2)C1. The maximum atomic E-state index is 13.1. The molecule has 0 spiro atoms. The van der Waals surface area contributed by atoms with E-state index < -0.39 is 10.0 Å². The third-order valence-corrected chi connectivity index (χ3v) is 8.32. The molecule has 1 unspecified atom stereocenters. The molecule has 1 aromatic heterocycles. The minimum absolute atomic E-state index is 0.106. The number of benzene rings is 2. The van der Waals surface area contributed by atoms with Gasteiger partial charge in [-0.2, -0.15) is 4.31 Å². The lowest BCUT2D eigenvalue weighted by Gasteiger charge is -2.31. The van der Waals surface area contributed by atoms with Crippen LogP contribution < -0.4 is 10.1 Å². The van der Waals surface area contributed by atoms with Crippen LogP contribution in [0.4, 0.5) is 0 Å². The van der Waals surface area contributed by atoms with Gasteiger partial charge in [0.25, 0.3) is 0 Å². The third kappa shape index (κ3) is 6.10. The number of aromatic nitrogens is 1. The van der Waals surface area contributed by atoms with Crippen LogP contribution >= 0.6 is 0 Å². The Labute approximate surface area is 206 Å². The first kappa shape index (κ1) is 24.9. The zero-order valence-electron chi connectivity index (χ0n) is 20.1. The summed E-state index contributed by atoms with van der Waals surface area (Å²) in [5, 5.41) is 6.73. The molecular formula is C26H31N3O5S. The van der Waals surface area contributed by atoms with Gasteiger partial charge in [-0.05, 0) is 56.4 Å². The number of hydrogen-bond donors (Lipinski definition) is 1. The van der Waals surface area contributed by atoms with Crippen LogP contribution in [0.5, 0.6) is 5.75 Å². The van der Waals surface area contributed by atoms with Crippen LogP contribution in [-0.4, -0.2) is 43.4 Å². The molecule has 3 aromatic rings. The Morgan fingerprint density at radius 1 is 1.11 bits per heavy atom. The van der Waals surface area contributed by atoms with Gasteiger partial charge in [0.2, 0.25) is 15.9 Å². The van der Waals surface area contributed by atoms with Gasteiger partial charge in [0.15, 0.2) is 5.76 Å². The number of nitrogens with one attached hydrogen (secondary N) is 1. The predicted octanol–water partition coefficient (Wildman–Crippen LogP) is 3.63. The van der Waals surface area contributed by atoms with Crippen molar-refractivity contribution in [3.63, 3.8) is 0 Å². The van der Waals surface area contributed by atoms with Gasteiger partial charge in [-0.1, -0.05) is 47.6 Å². The zero-order chi connectivity index (χ0) is 24.8. The van der Waals surface area contributed by atoms with Crippen LogP contribution in [0.1, 0.15) is 35.4 Å². The molecule has 1 atom stereocenters. The number of hydrogen-bond acceptors (Lipinski definition) is 6. The summed E-state index contributed by atoms with van der Waals surface area (Å²) in [7, 11) is -3.75. The molecule has 2 aromatic carbocycles. The molecule has 1 amide bonds. The van der Waals surface area contributed by atoms with Gasteiger partial charge in [0.1, 0.15) is 22.9 Å². The average molecular weight is 498 g/mol. The summed E-state index contributed by atoms with van der Waals surface area (Å²) in [6, 6.07) is 17.8. The van der Waals surface area contributed by atoms with Gasteiger partial charge in [-0.25, -0.2) is 8.42 Å². The molecule has 1 fully saturated rings. The molecule has 186 valence electrons. The van der Waals surface area contributed by atoms with Crippen molar-refractivity contribution in [2.24, 2.45) is 5.92 Å². The number of ether oxygens (including phenoxy) is 1. The number of piperidine rings is 1. The van der Waals surface area contributed by atoms with Gasteiger partial charge in [-0.3, -0.25) is 4.79 Å². The van der Waals surface area contributed by atoms with Crippen LogP contribution in [0.2, 0.25) is 0 Å². The largest absolute Gasteiger partial charge is 0.489 e. The smallest absolute Gasteiger partial charge is 0.248 e. The van der Waals surface area contributed by atoms with E-state index in [1.165, 1.54) is 4.31 Å². The van der Waals surface area contributed by atoms with E-state index in [1.54, 1.807) is 13.8 Å². The zero-order valence-corrected chi connectivity index (χ0v) is 20.9. The molecule has 0 bridgehead atoms. The highest BCUT2D eigenvalue weighted by atomic mass is 32.2. The Morgan fingerprint density at radius 3 is 2.54 bits per heavy atom. The summed E-state index contributed by atoms with van der Waals surface area (Å²) in [4.78, 5) is 12.9. The van der Waals surface area contributed by atoms with Crippen LogP contribution in [0.15, 0.2) is 64.0 Å². The molecular weight excluding hydrogens is 466 g/mol. The highest BCUT2D eigenvalue weighted by Crippen LogP contribution is 2.27. The molecule has 4 rings (SSSR count). The van der Waals surface area contributed by atoms with Crippen molar-refractivity contribution in [2.75, 3.05) is 19.6 Å². The van der Waals surface area contributed by atoms with Gasteiger partial charge in [0.05, 0.1) is 5.92 Å². The number of carbonyl (C=O) groups excluding carboxylic acids is 1. The summed E-state index contributed by atoms with van der Waals surface area (Å²) in [5.74, 6) is 0.563. The number of sulfonamides is 1. The van der Waals surface area contributed by atoms with Gasteiger partial charge in [0, 0.05) is 19.6 Å². The van der Waals surface area contributed by atoms with E-state index >= 15 is 0 Å². The number of amides is 1. The summed E-state index contributed by atoms with van der Waals surface area (Å²) < 4.78 is 38.4. The Bertz CT molecular complexity index is 1220. The topological polar surface area (TPSA) is 102 Å². The molecule has 2 heterocycles. The summed E-state index contributed by atoms with van der Waals surface area (Å²) in [5.41, 5.74) is 2.54. The monoisotopic (exact) mass is 497 g/mol. The maximum Gasteiger partial charge on any atom is 0.248 e. The molecule has 1 saturated heterocycles. The molecule has 35 heavy (non-hydrogen) atoms. The van der Waals surface area contributed by atoms with E-state index in [2.05, 4.69) is 10.5 Å². The van der Waals surface area contributed by atoms with Crippen molar-refractivity contribution >= 4 is 15.9 Å². The van der Waals surface area contributed by atoms with Crippen molar-refractivity contribution in [1.82, 2.24) is 14.8 Å². The molecule has 0 saturated carbocycles. The Hall–Kier alpha value is -3.17. The van der Waals surface area contributed by atoms with Crippen molar-refractivity contribution < 1.29 is 22.5 Å². The first-order valence-corrected chi connectivity index (χ1v) is 13.2. The maximum absolute atomic E-state index is 13.1. The minimum atomic E-state index is -3.75. The number of carbonyl (C=O) groups is 1. The Balaban J connectivity index is 1.25. The molecule has 8 nitrogen and oxygen atoms in total. The van der Waals surface area contributed by atoms with Gasteiger partial charge in [-0.15, -0.1) is 0 Å². The predicted molar refractivity (Wildman–Crippen MR) is 131 cm³/mol. The highest BCUT2D eigenvalue weighted by molar-refractivity contribution is 7.89. The van der Waals surface area contributed by atoms with Crippen LogP contribution in [-0.2, 0) is 27.8 Å². The van der Waals surface area contributed by atoms with E-state index in [1.807, 2.05) is 54.6 Å². The lowest BCUT2D eigenvalue weighted by Crippen LogP contribution is -2.45. The Kier molecular flexibility index (Phi) is 7.87. The second-order valence-corrected chi connectivity index (χ2v) is 10.7. The van der Waals surface area contributed by atoms with Gasteiger partial charge >= 0.3 is 0 Å². The highest BCUT2D eigenvalue weighted by Gasteiger charge is 2.36. The molecule has 1 aliphatic rings. The first-order chi connectivity index (χ1) is 16.8. The lowest BCUT2D eigenvalue weighted by atomic mass is 9.99. The number of nitrogens with zero attached hydrogens (tertiary/aromatic N) is 2. The molecule has 0 aliphatic carbocycles. The van der Waals surface area contributed by atoms with Crippen LogP contribution in [0.3, 0.4) is 0 Å². The summed E-state index contributed by atoms with van der Waals surface area (Å²) in [6.07, 6.45) is 1.97. The molecule has 1 aliphatic heterocycles. The van der Waals surface area contributed by atoms with Gasteiger partial charge < -0.3 is 14.6 Å². The van der Waals surface area contributed by atoms with Crippen molar-refractivity contribution in [3.05, 3.63) is 77.2 Å². The Morgan fingerprint density at radius 2 is 1.86 bits per heavy atom. The van der Waals surface area contributed by atoms with Crippen molar-refractivity contribution in [1.29, 1.82) is 0 Å². The van der Waals surface area contributed by atoms with E-state index in [9.17, 15) is 13.2 Å². The number of rotatable bonds is 9. The fourth-order valence-corrected chi connectivity index (χ4v) is 6.13. The average Bonchev–Trinajstić information content (AvgIpc) is 3.22. The van der Waals surface area contributed by atoms with E-state index in [4.69, 9.17) is 9.26 Å². The van der Waals surface area contributed by atoms with E-state index in [0.29, 0.717) is 44.7 Å². The lowest BCUT2D eigenvalue weighted by molar-refractivity contribution is -0.126. The standard InChI is InChI=1S/C26H31N3O5S/c1-19-25(20(2)34-28-19)35(31,32)29-16-6-9-23(17-29)26(30)27-15-14-21-10-12-24(13-11-21)33-18-22-7-4-3-5-8-22/h3-5,7-8,10-13,23H,6,9,14-18H2,1-2H3,(H,27,30). The van der Waals surface area contributed by atoms with E-state index in [0.717, 1.165) is 16.9 Å². The quantitative estimate of drug-likeness (QED) is 0.484.